The number of anilines is 1. The highest BCUT2D eigenvalue weighted by Gasteiger charge is 2.17. The van der Waals surface area contributed by atoms with Crippen molar-refractivity contribution in [3.05, 3.63) is 54.1 Å². The Balaban J connectivity index is 1.78. The fraction of sp³-hybridized carbons (Fsp3) is 0.435. The highest BCUT2D eigenvalue weighted by atomic mass is 32.2. The molecule has 0 saturated heterocycles. The lowest BCUT2D eigenvalue weighted by Crippen LogP contribution is -2.32. The van der Waals surface area contributed by atoms with Crippen molar-refractivity contribution in [1.82, 2.24) is 5.32 Å². The van der Waals surface area contributed by atoms with Crippen LogP contribution in [0.1, 0.15) is 32.3 Å². The third kappa shape index (κ3) is 8.88. The molecule has 2 rings (SSSR count). The first-order valence-corrected chi connectivity index (χ1v) is 12.2. The lowest BCUT2D eigenvalue weighted by Gasteiger charge is -2.22. The molecular formula is C23H32N2O5S. The van der Waals surface area contributed by atoms with E-state index in [9.17, 15) is 13.2 Å². The van der Waals surface area contributed by atoms with E-state index < -0.39 is 10.0 Å². The summed E-state index contributed by atoms with van der Waals surface area (Å²) >= 11 is 0. The van der Waals surface area contributed by atoms with E-state index in [1.54, 1.807) is 24.3 Å². The number of rotatable bonds is 12. The van der Waals surface area contributed by atoms with Crippen LogP contribution in [0.2, 0.25) is 0 Å². The zero-order valence-electron chi connectivity index (χ0n) is 18.6. The van der Waals surface area contributed by atoms with E-state index in [0.29, 0.717) is 31.0 Å². The van der Waals surface area contributed by atoms with Gasteiger partial charge in [0, 0.05) is 13.0 Å². The molecule has 170 valence electrons. The van der Waals surface area contributed by atoms with Crippen molar-refractivity contribution in [1.29, 1.82) is 0 Å². The van der Waals surface area contributed by atoms with Gasteiger partial charge in [-0.3, -0.25) is 9.10 Å². The summed E-state index contributed by atoms with van der Waals surface area (Å²) in [4.78, 5) is 12.1. The highest BCUT2D eigenvalue weighted by molar-refractivity contribution is 7.92. The lowest BCUT2D eigenvalue weighted by molar-refractivity contribution is -0.121. The third-order valence-corrected chi connectivity index (χ3v) is 5.54. The Morgan fingerprint density at radius 2 is 1.81 bits per heavy atom. The number of hydrogen-bond donors (Lipinski definition) is 1. The van der Waals surface area contributed by atoms with E-state index in [-0.39, 0.29) is 25.0 Å². The van der Waals surface area contributed by atoms with E-state index in [1.165, 1.54) is 4.31 Å². The second-order valence-corrected chi connectivity index (χ2v) is 9.52. The van der Waals surface area contributed by atoms with Crippen molar-refractivity contribution in [3.63, 3.8) is 0 Å². The molecule has 2 aromatic rings. The van der Waals surface area contributed by atoms with Gasteiger partial charge in [-0.1, -0.05) is 12.1 Å². The monoisotopic (exact) mass is 448 g/mol. The van der Waals surface area contributed by atoms with Crippen LogP contribution in [-0.4, -0.2) is 46.4 Å². The number of benzene rings is 2. The Bertz CT molecular complexity index is 943. The fourth-order valence-corrected chi connectivity index (χ4v) is 3.95. The zero-order chi connectivity index (χ0) is 22.9. The lowest BCUT2D eigenvalue weighted by atomic mass is 10.2. The molecule has 0 aliphatic carbocycles. The van der Waals surface area contributed by atoms with Crippen LogP contribution in [0.5, 0.6) is 11.5 Å². The molecule has 7 nitrogen and oxygen atoms in total. The van der Waals surface area contributed by atoms with Crippen molar-refractivity contribution in [2.45, 2.75) is 39.7 Å². The number of carbonyl (C=O) groups is 1. The van der Waals surface area contributed by atoms with Gasteiger partial charge in [0.25, 0.3) is 0 Å². The first-order valence-electron chi connectivity index (χ1n) is 10.4. The first-order chi connectivity index (χ1) is 14.6. The normalized spacial score (nSPS) is 11.3. The maximum absolute atomic E-state index is 12.2. The number of nitrogens with zero attached hydrogens (tertiary/aromatic N) is 1. The molecule has 0 aromatic heterocycles. The molecule has 1 N–H and O–H groups in total. The molecular weight excluding hydrogens is 416 g/mol. The largest absolute Gasteiger partial charge is 0.492 e. The van der Waals surface area contributed by atoms with Crippen molar-refractivity contribution in [2.24, 2.45) is 0 Å². The number of ether oxygens (including phenoxy) is 2. The Hall–Kier alpha value is -2.74. The Morgan fingerprint density at radius 1 is 1.10 bits per heavy atom. The van der Waals surface area contributed by atoms with Crippen LogP contribution in [0, 0.1) is 6.92 Å². The van der Waals surface area contributed by atoms with Crippen LogP contribution in [0.25, 0.3) is 0 Å². The predicted molar refractivity (Wildman–Crippen MR) is 123 cm³/mol. The number of hydrogen-bond acceptors (Lipinski definition) is 5. The molecule has 31 heavy (non-hydrogen) atoms. The first kappa shape index (κ1) is 24.5. The van der Waals surface area contributed by atoms with Gasteiger partial charge in [-0.2, -0.15) is 0 Å². The third-order valence-electron chi connectivity index (χ3n) is 4.34. The molecule has 0 spiro atoms. The average molecular weight is 449 g/mol. The Kier molecular flexibility index (Phi) is 9.18. The number of sulfonamides is 1. The summed E-state index contributed by atoms with van der Waals surface area (Å²) in [6.07, 6.45) is 1.83. The second-order valence-electron chi connectivity index (χ2n) is 7.61. The molecule has 0 fully saturated rings. The van der Waals surface area contributed by atoms with Crippen LogP contribution in [0.3, 0.4) is 0 Å². The molecule has 0 atom stereocenters. The van der Waals surface area contributed by atoms with Crippen molar-refractivity contribution in [3.8, 4) is 11.5 Å². The van der Waals surface area contributed by atoms with Crippen LogP contribution in [0.4, 0.5) is 5.69 Å². The molecule has 0 bridgehead atoms. The van der Waals surface area contributed by atoms with Gasteiger partial charge >= 0.3 is 0 Å². The predicted octanol–water partition coefficient (Wildman–Crippen LogP) is 3.52. The van der Waals surface area contributed by atoms with Gasteiger partial charge in [-0.05, 0) is 69.2 Å². The van der Waals surface area contributed by atoms with Gasteiger partial charge < -0.3 is 14.8 Å². The van der Waals surface area contributed by atoms with Crippen LogP contribution >= 0.6 is 0 Å². The van der Waals surface area contributed by atoms with Gasteiger partial charge in [-0.15, -0.1) is 0 Å². The standard InChI is InChI=1S/C23H32N2O5S/c1-18(2)30-21-12-10-20(11-13-21)25(31(4,27)28)15-6-9-23(26)24-14-16-29-22-8-5-7-19(3)17-22/h5,7-8,10-13,17-18H,6,9,14-16H2,1-4H3,(H,24,26). The summed E-state index contributed by atoms with van der Waals surface area (Å²) in [5.74, 6) is 1.31. The molecule has 2 aromatic carbocycles. The molecule has 0 heterocycles. The molecule has 8 heteroatoms. The highest BCUT2D eigenvalue weighted by Crippen LogP contribution is 2.22. The van der Waals surface area contributed by atoms with Gasteiger partial charge in [0.05, 0.1) is 24.6 Å². The van der Waals surface area contributed by atoms with Gasteiger partial charge in [-0.25, -0.2) is 8.42 Å². The SMILES string of the molecule is Cc1cccc(OCCNC(=O)CCCN(c2ccc(OC(C)C)cc2)S(C)(=O)=O)c1. The smallest absolute Gasteiger partial charge is 0.232 e. The summed E-state index contributed by atoms with van der Waals surface area (Å²) in [6, 6.07) is 14.6. The summed E-state index contributed by atoms with van der Waals surface area (Å²) in [6.45, 7) is 6.82. The molecule has 0 saturated carbocycles. The van der Waals surface area contributed by atoms with E-state index in [0.717, 1.165) is 17.6 Å². The Labute approximate surface area is 185 Å². The van der Waals surface area contributed by atoms with Crippen LogP contribution < -0.4 is 19.1 Å². The maximum Gasteiger partial charge on any atom is 0.232 e. The number of nitrogens with one attached hydrogen (secondary N) is 1. The van der Waals surface area contributed by atoms with Crippen LogP contribution in [0.15, 0.2) is 48.5 Å². The minimum atomic E-state index is -3.47. The molecule has 0 unspecified atom stereocenters. The van der Waals surface area contributed by atoms with Gasteiger partial charge in [0.2, 0.25) is 15.9 Å². The average Bonchev–Trinajstić information content (AvgIpc) is 2.68. The van der Waals surface area contributed by atoms with E-state index in [1.807, 2.05) is 45.0 Å². The van der Waals surface area contributed by atoms with E-state index in [4.69, 9.17) is 9.47 Å². The summed E-state index contributed by atoms with van der Waals surface area (Å²) in [5, 5.41) is 2.80. The summed E-state index contributed by atoms with van der Waals surface area (Å²) in [7, 11) is -3.47. The zero-order valence-corrected chi connectivity index (χ0v) is 19.4. The number of carbonyl (C=O) groups excluding carboxylic acids is 1. The molecule has 0 aliphatic rings. The molecule has 1 amide bonds. The maximum atomic E-state index is 12.2. The van der Waals surface area contributed by atoms with Crippen molar-refractivity contribution < 1.29 is 22.7 Å². The summed E-state index contributed by atoms with van der Waals surface area (Å²) in [5.41, 5.74) is 1.66. The minimum absolute atomic E-state index is 0.0394. The quantitative estimate of drug-likeness (QED) is 0.502. The van der Waals surface area contributed by atoms with Crippen molar-refractivity contribution >= 4 is 21.6 Å². The van der Waals surface area contributed by atoms with Gasteiger partial charge in [0.1, 0.15) is 18.1 Å². The topological polar surface area (TPSA) is 84.9 Å². The number of amides is 1. The fourth-order valence-electron chi connectivity index (χ4n) is 2.99. The molecule has 0 radical (unpaired) electrons. The van der Waals surface area contributed by atoms with E-state index >= 15 is 0 Å². The summed E-state index contributed by atoms with van der Waals surface area (Å²) < 4.78 is 36.9. The van der Waals surface area contributed by atoms with E-state index in [2.05, 4.69) is 5.32 Å². The molecule has 0 aliphatic heterocycles. The number of aryl methyl sites for hydroxylation is 1. The van der Waals surface area contributed by atoms with Crippen molar-refractivity contribution in [2.75, 3.05) is 30.3 Å². The van der Waals surface area contributed by atoms with Gasteiger partial charge in [0.15, 0.2) is 0 Å². The Morgan fingerprint density at radius 3 is 2.42 bits per heavy atom. The second kappa shape index (κ2) is 11.6. The van der Waals surface area contributed by atoms with Crippen LogP contribution in [-0.2, 0) is 14.8 Å². The minimum Gasteiger partial charge on any atom is -0.492 e.